The maximum atomic E-state index is 11.5. The first-order chi connectivity index (χ1) is 8.55. The molecule has 0 aromatic carbocycles. The molecule has 2 unspecified atom stereocenters. The van der Waals surface area contributed by atoms with Crippen molar-refractivity contribution >= 4 is 9.84 Å². The minimum absolute atomic E-state index is 0.169. The predicted octanol–water partition coefficient (Wildman–Crippen LogP) is -0.150. The number of nitrogens with zero attached hydrogens (tertiary/aromatic N) is 3. The summed E-state index contributed by atoms with van der Waals surface area (Å²) in [6.07, 6.45) is 2.98. The third-order valence-electron chi connectivity index (χ3n) is 3.68. The van der Waals surface area contributed by atoms with Gasteiger partial charge in [-0.2, -0.15) is 5.10 Å². The van der Waals surface area contributed by atoms with E-state index in [0.29, 0.717) is 18.7 Å². The number of sulfone groups is 1. The second-order valence-corrected chi connectivity index (χ2v) is 7.08. The van der Waals surface area contributed by atoms with E-state index in [2.05, 4.69) is 10.1 Å². The third-order valence-corrected chi connectivity index (χ3v) is 5.47. The van der Waals surface area contributed by atoms with E-state index in [1.165, 1.54) is 6.33 Å². The van der Waals surface area contributed by atoms with Crippen LogP contribution < -0.4 is 5.73 Å². The number of aryl methyl sites for hydroxylation is 1. The second-order valence-electron chi connectivity index (χ2n) is 4.86. The lowest BCUT2D eigenvalue weighted by Crippen LogP contribution is -2.27. The Balaban J connectivity index is 2.06. The summed E-state index contributed by atoms with van der Waals surface area (Å²) in [6.45, 7) is 3.28. The minimum atomic E-state index is -2.84. The van der Waals surface area contributed by atoms with Gasteiger partial charge in [-0.25, -0.2) is 13.4 Å². The molecule has 2 N–H and O–H groups in total. The number of rotatable bonds is 5. The van der Waals surface area contributed by atoms with Crippen molar-refractivity contribution in [3.05, 3.63) is 12.2 Å². The normalized spacial score (nSPS) is 24.2. The molecule has 0 radical (unpaired) electrons. The largest absolute Gasteiger partial charge is 0.330 e. The van der Waals surface area contributed by atoms with Crippen LogP contribution >= 0.6 is 0 Å². The van der Waals surface area contributed by atoms with Crippen LogP contribution in [0.4, 0.5) is 0 Å². The number of hydrogen-bond acceptors (Lipinski definition) is 5. The molecular formula is C11H20N4O2S. The topological polar surface area (TPSA) is 90.9 Å². The Morgan fingerprint density at radius 1 is 1.61 bits per heavy atom. The summed E-state index contributed by atoms with van der Waals surface area (Å²) in [5, 5.41) is 4.12. The van der Waals surface area contributed by atoms with Gasteiger partial charge in [-0.05, 0) is 31.7 Å². The van der Waals surface area contributed by atoms with Gasteiger partial charge in [0.1, 0.15) is 12.2 Å². The standard InChI is InChI=1S/C11H20N4O2S/c1-2-15-11(13-8-14-15)5-10(6-12)9-3-4-18(16,17)7-9/h8-10H,2-7,12H2,1H3. The van der Waals surface area contributed by atoms with Gasteiger partial charge >= 0.3 is 0 Å². The summed E-state index contributed by atoms with van der Waals surface area (Å²) in [6, 6.07) is 0. The number of hydrogen-bond donors (Lipinski definition) is 1. The molecule has 2 rings (SSSR count). The van der Waals surface area contributed by atoms with Crippen LogP contribution in [0.15, 0.2) is 6.33 Å². The molecule has 1 aliphatic rings. The predicted molar refractivity (Wildman–Crippen MR) is 68.7 cm³/mol. The Morgan fingerprint density at radius 2 is 2.39 bits per heavy atom. The highest BCUT2D eigenvalue weighted by atomic mass is 32.2. The first kappa shape index (κ1) is 13.5. The molecule has 0 bridgehead atoms. The Morgan fingerprint density at radius 3 is 2.94 bits per heavy atom. The highest BCUT2D eigenvalue weighted by Crippen LogP contribution is 2.27. The maximum Gasteiger partial charge on any atom is 0.150 e. The van der Waals surface area contributed by atoms with E-state index in [4.69, 9.17) is 5.73 Å². The fourth-order valence-electron chi connectivity index (χ4n) is 2.58. The summed E-state index contributed by atoms with van der Waals surface area (Å²) in [5.41, 5.74) is 5.80. The van der Waals surface area contributed by atoms with Gasteiger partial charge in [0.2, 0.25) is 0 Å². The molecular weight excluding hydrogens is 252 g/mol. The molecule has 0 amide bonds. The molecule has 18 heavy (non-hydrogen) atoms. The fourth-order valence-corrected chi connectivity index (χ4v) is 4.50. The monoisotopic (exact) mass is 272 g/mol. The summed E-state index contributed by atoms with van der Waals surface area (Å²) in [5.74, 6) is 1.82. The van der Waals surface area contributed by atoms with Crippen molar-refractivity contribution < 1.29 is 8.42 Å². The third kappa shape index (κ3) is 2.89. The molecule has 1 saturated heterocycles. The van der Waals surface area contributed by atoms with E-state index in [1.807, 2.05) is 11.6 Å². The molecule has 0 saturated carbocycles. The molecule has 102 valence electrons. The van der Waals surface area contributed by atoms with Gasteiger partial charge in [0, 0.05) is 13.0 Å². The molecule has 1 aromatic heterocycles. The molecule has 7 heteroatoms. The van der Waals surface area contributed by atoms with E-state index in [0.717, 1.165) is 18.8 Å². The average molecular weight is 272 g/mol. The summed E-state index contributed by atoms with van der Waals surface area (Å²) >= 11 is 0. The first-order valence-electron chi connectivity index (χ1n) is 6.33. The van der Waals surface area contributed by atoms with Crippen LogP contribution in [0.25, 0.3) is 0 Å². The zero-order valence-electron chi connectivity index (χ0n) is 10.6. The van der Waals surface area contributed by atoms with E-state index >= 15 is 0 Å². The summed E-state index contributed by atoms with van der Waals surface area (Å²) in [4.78, 5) is 4.23. The van der Waals surface area contributed by atoms with Crippen molar-refractivity contribution in [1.29, 1.82) is 0 Å². The van der Waals surface area contributed by atoms with Gasteiger partial charge in [0.15, 0.2) is 9.84 Å². The molecule has 1 aromatic rings. The lowest BCUT2D eigenvalue weighted by molar-refractivity contribution is 0.358. The molecule has 6 nitrogen and oxygen atoms in total. The lowest BCUT2D eigenvalue weighted by atomic mass is 9.89. The van der Waals surface area contributed by atoms with Crippen molar-refractivity contribution in [2.45, 2.75) is 26.3 Å². The zero-order valence-corrected chi connectivity index (χ0v) is 11.4. The van der Waals surface area contributed by atoms with Crippen LogP contribution in [0.2, 0.25) is 0 Å². The van der Waals surface area contributed by atoms with Crippen LogP contribution in [0.5, 0.6) is 0 Å². The molecule has 2 atom stereocenters. The molecule has 2 heterocycles. The first-order valence-corrected chi connectivity index (χ1v) is 8.15. The Hall–Kier alpha value is -0.950. The van der Waals surface area contributed by atoms with Gasteiger partial charge in [-0.15, -0.1) is 0 Å². The Bertz CT molecular complexity index is 497. The van der Waals surface area contributed by atoms with Gasteiger partial charge < -0.3 is 5.73 Å². The second kappa shape index (κ2) is 5.36. The fraction of sp³-hybridized carbons (Fsp3) is 0.818. The van der Waals surface area contributed by atoms with Crippen molar-refractivity contribution in [3.8, 4) is 0 Å². The van der Waals surface area contributed by atoms with Gasteiger partial charge in [-0.3, -0.25) is 4.68 Å². The van der Waals surface area contributed by atoms with Crippen molar-refractivity contribution in [2.75, 3.05) is 18.1 Å². The summed E-state index contributed by atoms with van der Waals surface area (Å²) < 4.78 is 24.9. The molecule has 1 aliphatic heterocycles. The van der Waals surface area contributed by atoms with E-state index in [1.54, 1.807) is 0 Å². The lowest BCUT2D eigenvalue weighted by Gasteiger charge is -2.20. The van der Waals surface area contributed by atoms with E-state index in [-0.39, 0.29) is 17.6 Å². The van der Waals surface area contributed by atoms with Gasteiger partial charge in [0.05, 0.1) is 11.5 Å². The summed E-state index contributed by atoms with van der Waals surface area (Å²) in [7, 11) is -2.84. The van der Waals surface area contributed by atoms with Crippen LogP contribution in [0.1, 0.15) is 19.2 Å². The smallest absolute Gasteiger partial charge is 0.150 e. The van der Waals surface area contributed by atoms with Crippen molar-refractivity contribution in [1.82, 2.24) is 14.8 Å². The van der Waals surface area contributed by atoms with Crippen LogP contribution in [0, 0.1) is 11.8 Å². The molecule has 0 aliphatic carbocycles. The SMILES string of the molecule is CCn1ncnc1CC(CN)C1CCS(=O)(=O)C1. The number of aromatic nitrogens is 3. The quantitative estimate of drug-likeness (QED) is 0.805. The highest BCUT2D eigenvalue weighted by Gasteiger charge is 2.33. The molecule has 0 spiro atoms. The Labute approximate surface area is 108 Å². The Kier molecular flexibility index (Phi) is 4.01. The average Bonchev–Trinajstić information content (AvgIpc) is 2.91. The maximum absolute atomic E-state index is 11.5. The van der Waals surface area contributed by atoms with Gasteiger partial charge in [-0.1, -0.05) is 0 Å². The van der Waals surface area contributed by atoms with E-state index < -0.39 is 9.84 Å². The molecule has 1 fully saturated rings. The van der Waals surface area contributed by atoms with Crippen molar-refractivity contribution in [3.63, 3.8) is 0 Å². The van der Waals surface area contributed by atoms with E-state index in [9.17, 15) is 8.42 Å². The minimum Gasteiger partial charge on any atom is -0.330 e. The van der Waals surface area contributed by atoms with Crippen LogP contribution in [-0.4, -0.2) is 41.2 Å². The zero-order chi connectivity index (χ0) is 13.2. The van der Waals surface area contributed by atoms with Crippen LogP contribution in [-0.2, 0) is 22.8 Å². The highest BCUT2D eigenvalue weighted by molar-refractivity contribution is 7.91. The van der Waals surface area contributed by atoms with Crippen molar-refractivity contribution in [2.24, 2.45) is 17.6 Å². The van der Waals surface area contributed by atoms with Crippen LogP contribution in [0.3, 0.4) is 0 Å². The number of nitrogens with two attached hydrogens (primary N) is 1. The van der Waals surface area contributed by atoms with Gasteiger partial charge in [0.25, 0.3) is 0 Å².